The van der Waals surface area contributed by atoms with Crippen LogP contribution in [0.3, 0.4) is 0 Å². The molecule has 0 saturated heterocycles. The molecule has 0 bridgehead atoms. The number of rotatable bonds is 7. The van der Waals surface area contributed by atoms with E-state index in [2.05, 4.69) is 0 Å². The van der Waals surface area contributed by atoms with Crippen LogP contribution in [-0.4, -0.2) is 11.4 Å². The Balaban J connectivity index is 1.63. The van der Waals surface area contributed by atoms with Crippen LogP contribution in [-0.2, 0) is 0 Å². The first-order valence-corrected chi connectivity index (χ1v) is 13.6. The van der Waals surface area contributed by atoms with E-state index in [1.165, 1.54) is 24.3 Å². The Morgan fingerprint density at radius 3 is 1.07 bits per heavy atom. The first-order chi connectivity index (χ1) is 20.7. The van der Waals surface area contributed by atoms with Crippen LogP contribution < -0.4 is 0 Å². The molecule has 0 aliphatic heterocycles. The van der Waals surface area contributed by atoms with Crippen molar-refractivity contribution in [2.75, 3.05) is 0 Å². The third-order valence-electron chi connectivity index (χ3n) is 6.90. The molecule has 6 aromatic rings. The van der Waals surface area contributed by atoms with Gasteiger partial charge in [-0.2, -0.15) is 0 Å². The van der Waals surface area contributed by atoms with Crippen LogP contribution in [0.4, 0.5) is 20.2 Å². The van der Waals surface area contributed by atoms with Gasteiger partial charge in [0.2, 0.25) is 0 Å². The molecule has 42 heavy (non-hydrogen) atoms. The molecule has 0 atom stereocenters. The van der Waals surface area contributed by atoms with E-state index < -0.39 is 0 Å². The van der Waals surface area contributed by atoms with Crippen LogP contribution in [0.15, 0.2) is 168 Å². The van der Waals surface area contributed by atoms with Crippen molar-refractivity contribution in [1.29, 1.82) is 0 Å². The Kier molecular flexibility index (Phi) is 7.87. The van der Waals surface area contributed by atoms with E-state index in [0.717, 1.165) is 33.6 Å². The second kappa shape index (κ2) is 12.4. The fraction of sp³-hybridized carbons (Fsp3) is 0. The van der Waals surface area contributed by atoms with Crippen LogP contribution in [0.2, 0.25) is 0 Å². The van der Waals surface area contributed by atoms with E-state index in [1.807, 2.05) is 109 Å². The minimum atomic E-state index is -0.350. The van der Waals surface area contributed by atoms with Gasteiger partial charge in [-0.25, -0.2) is 18.8 Å². The number of benzene rings is 6. The highest BCUT2D eigenvalue weighted by Crippen LogP contribution is 2.33. The number of hydrogen-bond acceptors (Lipinski definition) is 2. The van der Waals surface area contributed by atoms with Gasteiger partial charge in [-0.1, -0.05) is 97.1 Å². The van der Waals surface area contributed by atoms with Crippen LogP contribution in [0.25, 0.3) is 22.3 Å². The molecule has 0 heterocycles. The molecule has 0 radical (unpaired) electrons. The monoisotopic (exact) mass is 548 g/mol. The van der Waals surface area contributed by atoms with E-state index in [9.17, 15) is 8.78 Å². The van der Waals surface area contributed by atoms with Crippen LogP contribution in [0.1, 0.15) is 11.1 Å². The maximum atomic E-state index is 14.1. The lowest BCUT2D eigenvalue weighted by Crippen LogP contribution is -2.17. The van der Waals surface area contributed by atoms with Crippen LogP contribution in [0.5, 0.6) is 0 Å². The van der Waals surface area contributed by atoms with Crippen molar-refractivity contribution < 1.29 is 8.78 Å². The lowest BCUT2D eigenvalue weighted by molar-refractivity contribution is 0.627. The van der Waals surface area contributed by atoms with Crippen molar-refractivity contribution in [3.05, 3.63) is 180 Å². The summed E-state index contributed by atoms with van der Waals surface area (Å²) in [6, 6.07) is 48.3. The van der Waals surface area contributed by atoms with Crippen molar-refractivity contribution in [1.82, 2.24) is 0 Å². The SMILES string of the molecule is Fc1ccc(C(=Nc2ccccc2-c2ccccc2)C(=Nc2ccccc2-c2ccccc2)c2ccc(F)cc2)cc1. The summed E-state index contributed by atoms with van der Waals surface area (Å²) in [7, 11) is 0. The van der Waals surface area contributed by atoms with Crippen molar-refractivity contribution in [3.63, 3.8) is 0 Å². The van der Waals surface area contributed by atoms with Gasteiger partial charge in [-0.05, 0) is 71.8 Å². The fourth-order valence-corrected chi connectivity index (χ4v) is 4.83. The second-order valence-corrected chi connectivity index (χ2v) is 9.70. The zero-order valence-electron chi connectivity index (χ0n) is 22.7. The molecular formula is C38H26F2N2. The predicted octanol–water partition coefficient (Wildman–Crippen LogP) is 10.2. The Morgan fingerprint density at radius 1 is 0.357 bits per heavy atom. The van der Waals surface area contributed by atoms with Crippen molar-refractivity contribution in [2.24, 2.45) is 9.98 Å². The summed E-state index contributed by atoms with van der Waals surface area (Å²) in [5.74, 6) is -0.699. The highest BCUT2D eigenvalue weighted by molar-refractivity contribution is 6.54. The summed E-state index contributed by atoms with van der Waals surface area (Å²) < 4.78 is 28.2. The molecule has 4 heteroatoms. The van der Waals surface area contributed by atoms with E-state index in [4.69, 9.17) is 9.98 Å². The molecule has 0 N–H and O–H groups in total. The summed E-state index contributed by atoms with van der Waals surface area (Å²) in [6.07, 6.45) is 0. The van der Waals surface area contributed by atoms with E-state index in [0.29, 0.717) is 22.6 Å². The molecule has 0 unspecified atom stereocenters. The number of aliphatic imine (C=N–C) groups is 2. The average molecular weight is 549 g/mol. The highest BCUT2D eigenvalue weighted by atomic mass is 19.1. The van der Waals surface area contributed by atoms with Gasteiger partial charge in [0.15, 0.2) is 0 Å². The number of para-hydroxylation sites is 2. The van der Waals surface area contributed by atoms with Crippen LogP contribution in [0, 0.1) is 11.6 Å². The maximum absolute atomic E-state index is 14.1. The molecule has 202 valence electrons. The van der Waals surface area contributed by atoms with E-state index in [1.54, 1.807) is 24.3 Å². The van der Waals surface area contributed by atoms with Gasteiger partial charge in [0.05, 0.1) is 22.8 Å². The molecule has 2 nitrogen and oxygen atoms in total. The molecule has 0 saturated carbocycles. The lowest BCUT2D eigenvalue weighted by Gasteiger charge is -2.15. The minimum Gasteiger partial charge on any atom is -0.245 e. The summed E-state index contributed by atoms with van der Waals surface area (Å²) in [5, 5.41) is 0. The molecule has 6 rings (SSSR count). The normalized spacial score (nSPS) is 11.9. The standard InChI is InChI=1S/C38H26F2N2/c39-31-23-19-29(20-24-31)37(41-35-17-9-7-15-33(35)27-11-3-1-4-12-27)38(30-21-25-32(40)26-22-30)42-36-18-10-8-16-34(36)28-13-5-2-6-14-28/h1-26H. The lowest BCUT2D eigenvalue weighted by atomic mass is 9.97. The topological polar surface area (TPSA) is 24.7 Å². The smallest absolute Gasteiger partial charge is 0.123 e. The number of nitrogens with zero attached hydrogens (tertiary/aromatic N) is 2. The first kappa shape index (κ1) is 26.7. The fourth-order valence-electron chi connectivity index (χ4n) is 4.83. The zero-order chi connectivity index (χ0) is 28.7. The van der Waals surface area contributed by atoms with Crippen LogP contribution >= 0.6 is 0 Å². The summed E-state index contributed by atoms with van der Waals surface area (Å²) in [6.45, 7) is 0. The highest BCUT2D eigenvalue weighted by Gasteiger charge is 2.18. The molecule has 0 spiro atoms. The number of halogens is 2. The Labute approximate surface area is 244 Å². The zero-order valence-corrected chi connectivity index (χ0v) is 22.7. The van der Waals surface area contributed by atoms with Gasteiger partial charge < -0.3 is 0 Å². The Hall–Kier alpha value is -5.48. The van der Waals surface area contributed by atoms with E-state index >= 15 is 0 Å². The molecular weight excluding hydrogens is 522 g/mol. The summed E-state index contributed by atoms with van der Waals surface area (Å²) >= 11 is 0. The third-order valence-corrected chi connectivity index (χ3v) is 6.90. The van der Waals surface area contributed by atoms with Gasteiger partial charge in [-0.3, -0.25) is 0 Å². The number of hydrogen-bond donors (Lipinski definition) is 0. The van der Waals surface area contributed by atoms with Gasteiger partial charge in [0.1, 0.15) is 11.6 Å². The molecule has 0 aliphatic carbocycles. The quantitative estimate of drug-likeness (QED) is 0.177. The van der Waals surface area contributed by atoms with Gasteiger partial charge >= 0.3 is 0 Å². The second-order valence-electron chi connectivity index (χ2n) is 9.70. The summed E-state index contributed by atoms with van der Waals surface area (Å²) in [5.41, 5.74) is 7.82. The molecule has 0 amide bonds. The van der Waals surface area contributed by atoms with Gasteiger partial charge in [0.25, 0.3) is 0 Å². The van der Waals surface area contributed by atoms with Gasteiger partial charge in [0, 0.05) is 22.3 Å². The van der Waals surface area contributed by atoms with Crippen molar-refractivity contribution in [3.8, 4) is 22.3 Å². The average Bonchev–Trinajstić information content (AvgIpc) is 3.05. The summed E-state index contributed by atoms with van der Waals surface area (Å²) in [4.78, 5) is 10.4. The predicted molar refractivity (Wildman–Crippen MR) is 169 cm³/mol. The first-order valence-electron chi connectivity index (χ1n) is 13.6. The van der Waals surface area contributed by atoms with Gasteiger partial charge in [-0.15, -0.1) is 0 Å². The van der Waals surface area contributed by atoms with Crippen molar-refractivity contribution >= 4 is 22.8 Å². The largest absolute Gasteiger partial charge is 0.245 e. The minimum absolute atomic E-state index is 0.350. The Morgan fingerprint density at radius 2 is 0.690 bits per heavy atom. The molecule has 6 aromatic carbocycles. The van der Waals surface area contributed by atoms with E-state index in [-0.39, 0.29) is 11.6 Å². The molecule has 0 fully saturated rings. The Bertz CT molecular complexity index is 1720. The molecule has 0 aromatic heterocycles. The van der Waals surface area contributed by atoms with Crippen molar-refractivity contribution in [2.45, 2.75) is 0 Å². The maximum Gasteiger partial charge on any atom is 0.123 e. The molecule has 0 aliphatic rings. The third kappa shape index (κ3) is 5.98.